The Morgan fingerprint density at radius 3 is 2.31 bits per heavy atom. The summed E-state index contributed by atoms with van der Waals surface area (Å²) in [7, 11) is 0. The van der Waals surface area contributed by atoms with E-state index < -0.39 is 0 Å². The SMILES string of the molecule is CCCOCCC(CCCC(C)C)NCC. The first kappa shape index (κ1) is 15.9. The van der Waals surface area contributed by atoms with Crippen LogP contribution in [0.4, 0.5) is 0 Å². The fourth-order valence-electron chi connectivity index (χ4n) is 1.88. The number of hydrogen-bond acceptors (Lipinski definition) is 2. The highest BCUT2D eigenvalue weighted by molar-refractivity contribution is 4.66. The highest BCUT2D eigenvalue weighted by atomic mass is 16.5. The van der Waals surface area contributed by atoms with Crippen LogP contribution in [-0.4, -0.2) is 25.8 Å². The molecular formula is C14H31NO. The second-order valence-electron chi connectivity index (χ2n) is 4.98. The van der Waals surface area contributed by atoms with Gasteiger partial charge in [0.1, 0.15) is 0 Å². The van der Waals surface area contributed by atoms with Gasteiger partial charge in [0.2, 0.25) is 0 Å². The van der Waals surface area contributed by atoms with Crippen molar-refractivity contribution in [2.75, 3.05) is 19.8 Å². The lowest BCUT2D eigenvalue weighted by Gasteiger charge is -2.18. The van der Waals surface area contributed by atoms with Gasteiger partial charge in [-0.3, -0.25) is 0 Å². The minimum Gasteiger partial charge on any atom is -0.381 e. The average Bonchev–Trinajstić information content (AvgIpc) is 2.23. The molecule has 0 heterocycles. The minimum absolute atomic E-state index is 0.653. The van der Waals surface area contributed by atoms with Crippen molar-refractivity contribution in [3.63, 3.8) is 0 Å². The average molecular weight is 229 g/mol. The molecule has 0 fully saturated rings. The first-order valence-corrected chi connectivity index (χ1v) is 7.01. The molecule has 98 valence electrons. The van der Waals surface area contributed by atoms with Crippen molar-refractivity contribution >= 4 is 0 Å². The molecule has 1 N–H and O–H groups in total. The molecule has 0 saturated carbocycles. The molecular weight excluding hydrogens is 198 g/mol. The summed E-state index contributed by atoms with van der Waals surface area (Å²) < 4.78 is 5.55. The van der Waals surface area contributed by atoms with Crippen LogP contribution in [0.3, 0.4) is 0 Å². The second kappa shape index (κ2) is 11.4. The number of rotatable bonds is 11. The van der Waals surface area contributed by atoms with E-state index in [-0.39, 0.29) is 0 Å². The molecule has 2 heteroatoms. The maximum Gasteiger partial charge on any atom is 0.0480 e. The normalized spacial score (nSPS) is 13.3. The fraction of sp³-hybridized carbons (Fsp3) is 1.00. The molecule has 0 aliphatic heterocycles. The van der Waals surface area contributed by atoms with E-state index in [1.165, 1.54) is 19.3 Å². The van der Waals surface area contributed by atoms with E-state index in [0.29, 0.717) is 6.04 Å². The van der Waals surface area contributed by atoms with Gasteiger partial charge in [0, 0.05) is 19.3 Å². The summed E-state index contributed by atoms with van der Waals surface area (Å²) in [6, 6.07) is 0.653. The summed E-state index contributed by atoms with van der Waals surface area (Å²) in [6.45, 7) is 11.8. The standard InChI is InChI=1S/C14H31NO/c1-5-11-16-12-10-14(15-6-2)9-7-8-13(3)4/h13-15H,5-12H2,1-4H3. The second-order valence-corrected chi connectivity index (χ2v) is 4.98. The number of hydrogen-bond donors (Lipinski definition) is 1. The van der Waals surface area contributed by atoms with E-state index in [1.54, 1.807) is 0 Å². The van der Waals surface area contributed by atoms with Crippen molar-refractivity contribution in [2.24, 2.45) is 5.92 Å². The van der Waals surface area contributed by atoms with Gasteiger partial charge in [-0.15, -0.1) is 0 Å². The lowest BCUT2D eigenvalue weighted by Crippen LogP contribution is -2.30. The van der Waals surface area contributed by atoms with Crippen molar-refractivity contribution in [3.8, 4) is 0 Å². The van der Waals surface area contributed by atoms with Crippen molar-refractivity contribution in [2.45, 2.75) is 65.8 Å². The molecule has 0 aliphatic carbocycles. The van der Waals surface area contributed by atoms with Gasteiger partial charge in [-0.25, -0.2) is 0 Å². The summed E-state index contributed by atoms with van der Waals surface area (Å²) in [5.74, 6) is 0.832. The fourth-order valence-corrected chi connectivity index (χ4v) is 1.88. The van der Waals surface area contributed by atoms with Gasteiger partial charge in [0.25, 0.3) is 0 Å². The summed E-state index contributed by atoms with van der Waals surface area (Å²) in [4.78, 5) is 0. The predicted molar refractivity (Wildman–Crippen MR) is 71.9 cm³/mol. The molecule has 1 unspecified atom stereocenters. The molecule has 0 radical (unpaired) electrons. The summed E-state index contributed by atoms with van der Waals surface area (Å²) in [5.41, 5.74) is 0. The van der Waals surface area contributed by atoms with Crippen LogP contribution in [0.25, 0.3) is 0 Å². The Balaban J connectivity index is 3.53. The predicted octanol–water partition coefficient (Wildman–Crippen LogP) is 3.61. The maximum absolute atomic E-state index is 5.55. The third-order valence-electron chi connectivity index (χ3n) is 2.79. The minimum atomic E-state index is 0.653. The Labute approximate surface area is 102 Å². The quantitative estimate of drug-likeness (QED) is 0.547. The van der Waals surface area contributed by atoms with E-state index in [2.05, 4.69) is 33.0 Å². The summed E-state index contributed by atoms with van der Waals surface area (Å²) >= 11 is 0. The van der Waals surface area contributed by atoms with Crippen LogP contribution in [0, 0.1) is 5.92 Å². The monoisotopic (exact) mass is 229 g/mol. The molecule has 0 amide bonds. The molecule has 0 spiro atoms. The van der Waals surface area contributed by atoms with Gasteiger partial charge in [0.05, 0.1) is 0 Å². The molecule has 0 aliphatic rings. The molecule has 0 saturated heterocycles. The first-order valence-electron chi connectivity index (χ1n) is 7.01. The van der Waals surface area contributed by atoms with Gasteiger partial charge in [-0.1, -0.05) is 40.5 Å². The summed E-state index contributed by atoms with van der Waals surface area (Å²) in [5, 5.41) is 3.55. The van der Waals surface area contributed by atoms with Crippen LogP contribution in [0.15, 0.2) is 0 Å². The van der Waals surface area contributed by atoms with Gasteiger partial charge < -0.3 is 10.1 Å². The van der Waals surface area contributed by atoms with Crippen molar-refractivity contribution in [3.05, 3.63) is 0 Å². The highest BCUT2D eigenvalue weighted by Gasteiger charge is 2.07. The zero-order valence-electron chi connectivity index (χ0n) is 11.7. The third kappa shape index (κ3) is 10.4. The van der Waals surface area contributed by atoms with Gasteiger partial charge in [-0.05, 0) is 31.7 Å². The Kier molecular flexibility index (Phi) is 11.3. The molecule has 0 aromatic carbocycles. The van der Waals surface area contributed by atoms with Crippen molar-refractivity contribution in [1.82, 2.24) is 5.32 Å². The smallest absolute Gasteiger partial charge is 0.0480 e. The molecule has 1 atom stereocenters. The van der Waals surface area contributed by atoms with E-state index in [9.17, 15) is 0 Å². The van der Waals surface area contributed by atoms with Crippen LogP contribution in [0.5, 0.6) is 0 Å². The Morgan fingerprint density at radius 2 is 1.75 bits per heavy atom. The van der Waals surface area contributed by atoms with Crippen molar-refractivity contribution < 1.29 is 4.74 Å². The van der Waals surface area contributed by atoms with Gasteiger partial charge in [-0.2, -0.15) is 0 Å². The van der Waals surface area contributed by atoms with Gasteiger partial charge in [0.15, 0.2) is 0 Å². The maximum atomic E-state index is 5.55. The Morgan fingerprint density at radius 1 is 1.00 bits per heavy atom. The molecule has 0 bridgehead atoms. The molecule has 0 aromatic rings. The molecule has 0 rings (SSSR count). The van der Waals surface area contributed by atoms with Crippen LogP contribution in [0.2, 0.25) is 0 Å². The van der Waals surface area contributed by atoms with Gasteiger partial charge >= 0.3 is 0 Å². The van der Waals surface area contributed by atoms with Crippen LogP contribution >= 0.6 is 0 Å². The lowest BCUT2D eigenvalue weighted by molar-refractivity contribution is 0.123. The van der Waals surface area contributed by atoms with Crippen LogP contribution in [0.1, 0.15) is 59.8 Å². The Bertz CT molecular complexity index is 137. The van der Waals surface area contributed by atoms with E-state index in [1.807, 2.05) is 0 Å². The molecule has 0 aromatic heterocycles. The Hall–Kier alpha value is -0.0800. The molecule has 2 nitrogen and oxygen atoms in total. The van der Waals surface area contributed by atoms with E-state index in [4.69, 9.17) is 4.74 Å². The summed E-state index contributed by atoms with van der Waals surface area (Å²) in [6.07, 6.45) is 6.26. The zero-order chi connectivity index (χ0) is 12.2. The lowest BCUT2D eigenvalue weighted by atomic mass is 10.0. The number of nitrogens with one attached hydrogen (secondary N) is 1. The number of ether oxygens (including phenoxy) is 1. The van der Waals surface area contributed by atoms with E-state index >= 15 is 0 Å². The van der Waals surface area contributed by atoms with Crippen molar-refractivity contribution in [1.29, 1.82) is 0 Å². The van der Waals surface area contributed by atoms with E-state index in [0.717, 1.165) is 38.5 Å². The largest absolute Gasteiger partial charge is 0.381 e. The topological polar surface area (TPSA) is 21.3 Å². The first-order chi connectivity index (χ1) is 7.70. The zero-order valence-corrected chi connectivity index (χ0v) is 11.7. The van der Waals surface area contributed by atoms with Crippen LogP contribution in [-0.2, 0) is 4.74 Å². The third-order valence-corrected chi connectivity index (χ3v) is 2.79. The molecule has 16 heavy (non-hydrogen) atoms. The highest BCUT2D eigenvalue weighted by Crippen LogP contribution is 2.10. The van der Waals surface area contributed by atoms with Crippen LogP contribution < -0.4 is 5.32 Å².